The van der Waals surface area contributed by atoms with Crippen LogP contribution in [-0.2, 0) is 9.59 Å². The SMILES string of the molecule is O=CC1=CCC(=NCCCSSCCCN=C2C=CC(C=O)=CC2)C=C1. The summed E-state index contributed by atoms with van der Waals surface area (Å²) in [6.07, 6.45) is 16.8. The molecule has 2 aliphatic carbocycles. The Labute approximate surface area is 163 Å². The first-order valence-electron chi connectivity index (χ1n) is 8.79. The molecule has 0 radical (unpaired) electrons. The number of aliphatic imine (C=N–C) groups is 2. The third-order valence-corrected chi connectivity index (χ3v) is 6.36. The van der Waals surface area contributed by atoms with E-state index in [0.717, 1.165) is 85.4 Å². The van der Waals surface area contributed by atoms with Gasteiger partial charge in [-0.05, 0) is 25.0 Å². The Morgan fingerprint density at radius 3 is 1.58 bits per heavy atom. The highest BCUT2D eigenvalue weighted by Gasteiger charge is 2.02. The number of aldehydes is 2. The topological polar surface area (TPSA) is 58.9 Å². The molecule has 0 atom stereocenters. The van der Waals surface area contributed by atoms with Gasteiger partial charge in [0, 0.05) is 60.0 Å². The van der Waals surface area contributed by atoms with Gasteiger partial charge in [0.15, 0.2) is 0 Å². The van der Waals surface area contributed by atoms with Gasteiger partial charge < -0.3 is 0 Å². The molecular weight excluding hydrogens is 364 g/mol. The first kappa shape index (κ1) is 20.6. The standard InChI is InChI=1S/C20H24N2O2S2/c23-15-17-3-7-19(8-4-17)21-11-1-13-25-26-14-2-12-22-20-9-5-18(16-24)6-10-20/h3-7,9,15-16H,1-2,8,10-14H2. The van der Waals surface area contributed by atoms with E-state index >= 15 is 0 Å². The van der Waals surface area contributed by atoms with Crippen LogP contribution in [0.2, 0.25) is 0 Å². The molecule has 0 unspecified atom stereocenters. The zero-order chi connectivity index (χ0) is 18.5. The molecule has 2 rings (SSSR count). The molecule has 138 valence electrons. The zero-order valence-electron chi connectivity index (χ0n) is 14.8. The van der Waals surface area contributed by atoms with Crippen LogP contribution in [0.25, 0.3) is 0 Å². The average Bonchev–Trinajstić information content (AvgIpc) is 2.70. The number of hydrogen-bond donors (Lipinski definition) is 0. The second-order valence-corrected chi connectivity index (χ2v) is 8.52. The van der Waals surface area contributed by atoms with Gasteiger partial charge in [0.1, 0.15) is 12.6 Å². The molecule has 26 heavy (non-hydrogen) atoms. The lowest BCUT2D eigenvalue weighted by Crippen LogP contribution is -2.00. The van der Waals surface area contributed by atoms with E-state index in [1.807, 2.05) is 58.0 Å². The van der Waals surface area contributed by atoms with Crippen LogP contribution in [0.15, 0.2) is 57.6 Å². The minimum Gasteiger partial charge on any atom is -0.298 e. The van der Waals surface area contributed by atoms with Gasteiger partial charge >= 0.3 is 0 Å². The van der Waals surface area contributed by atoms with Gasteiger partial charge in [-0.3, -0.25) is 19.6 Å². The summed E-state index contributed by atoms with van der Waals surface area (Å²) in [4.78, 5) is 30.3. The predicted molar refractivity (Wildman–Crippen MR) is 115 cm³/mol. The number of carbonyl (C=O) groups excluding carboxylic acids is 2. The fourth-order valence-corrected chi connectivity index (χ4v) is 4.47. The van der Waals surface area contributed by atoms with Crippen molar-refractivity contribution in [3.63, 3.8) is 0 Å². The first-order chi connectivity index (χ1) is 12.8. The summed E-state index contributed by atoms with van der Waals surface area (Å²) >= 11 is 0. The van der Waals surface area contributed by atoms with Crippen molar-refractivity contribution in [1.82, 2.24) is 0 Å². The highest BCUT2D eigenvalue weighted by Crippen LogP contribution is 2.22. The fourth-order valence-electron chi connectivity index (χ4n) is 2.32. The van der Waals surface area contributed by atoms with Crippen molar-refractivity contribution in [1.29, 1.82) is 0 Å². The lowest BCUT2D eigenvalue weighted by Gasteiger charge is -2.05. The van der Waals surface area contributed by atoms with Gasteiger partial charge in [-0.2, -0.15) is 0 Å². The molecule has 0 fully saturated rings. The summed E-state index contributed by atoms with van der Waals surface area (Å²) in [5.74, 6) is 2.19. The van der Waals surface area contributed by atoms with Crippen LogP contribution < -0.4 is 0 Å². The molecule has 4 nitrogen and oxygen atoms in total. The van der Waals surface area contributed by atoms with E-state index in [4.69, 9.17) is 0 Å². The number of nitrogens with zero attached hydrogens (tertiary/aromatic N) is 2. The van der Waals surface area contributed by atoms with E-state index in [1.54, 1.807) is 0 Å². The molecule has 0 aliphatic heterocycles. The van der Waals surface area contributed by atoms with Gasteiger partial charge in [-0.1, -0.05) is 45.9 Å². The second-order valence-electron chi connectivity index (χ2n) is 5.82. The third-order valence-electron chi connectivity index (χ3n) is 3.79. The van der Waals surface area contributed by atoms with Crippen LogP contribution in [0.4, 0.5) is 0 Å². The normalized spacial score (nSPS) is 19.5. The summed E-state index contributed by atoms with van der Waals surface area (Å²) in [6, 6.07) is 0. The second kappa shape index (κ2) is 12.7. The van der Waals surface area contributed by atoms with Crippen molar-refractivity contribution < 1.29 is 9.59 Å². The van der Waals surface area contributed by atoms with Gasteiger partial charge in [0.05, 0.1) is 0 Å². The lowest BCUT2D eigenvalue weighted by atomic mass is 10.1. The van der Waals surface area contributed by atoms with E-state index in [0.29, 0.717) is 0 Å². The highest BCUT2D eigenvalue weighted by atomic mass is 33.1. The van der Waals surface area contributed by atoms with Crippen molar-refractivity contribution in [2.75, 3.05) is 24.6 Å². The summed E-state index contributed by atoms with van der Waals surface area (Å²) < 4.78 is 0. The molecule has 0 aromatic heterocycles. The Morgan fingerprint density at radius 2 is 1.23 bits per heavy atom. The Balaban J connectivity index is 1.44. The van der Waals surface area contributed by atoms with Crippen molar-refractivity contribution in [3.8, 4) is 0 Å². The quantitative estimate of drug-likeness (QED) is 0.302. The lowest BCUT2D eigenvalue weighted by molar-refractivity contribution is -0.105. The van der Waals surface area contributed by atoms with Crippen LogP contribution in [0, 0.1) is 0 Å². The maximum atomic E-state index is 10.6. The molecule has 0 amide bonds. The minimum absolute atomic E-state index is 0.739. The van der Waals surface area contributed by atoms with Gasteiger partial charge in [0.2, 0.25) is 0 Å². The molecule has 0 saturated heterocycles. The molecule has 0 aromatic rings. The van der Waals surface area contributed by atoms with E-state index in [1.165, 1.54) is 0 Å². The number of rotatable bonds is 11. The molecule has 0 bridgehead atoms. The van der Waals surface area contributed by atoms with Crippen molar-refractivity contribution in [3.05, 3.63) is 47.6 Å². The molecule has 0 spiro atoms. The van der Waals surface area contributed by atoms with Crippen LogP contribution in [0.3, 0.4) is 0 Å². The maximum Gasteiger partial charge on any atom is 0.149 e. The van der Waals surface area contributed by atoms with Crippen LogP contribution >= 0.6 is 21.6 Å². The number of hydrogen-bond acceptors (Lipinski definition) is 6. The Hall–Kier alpha value is -1.66. The molecule has 0 N–H and O–H groups in total. The average molecular weight is 389 g/mol. The van der Waals surface area contributed by atoms with Gasteiger partial charge in [-0.25, -0.2) is 0 Å². The van der Waals surface area contributed by atoms with E-state index in [9.17, 15) is 9.59 Å². The maximum absolute atomic E-state index is 10.6. The fraction of sp³-hybridized carbons (Fsp3) is 0.400. The smallest absolute Gasteiger partial charge is 0.149 e. The van der Waals surface area contributed by atoms with E-state index < -0.39 is 0 Å². The summed E-state index contributed by atoms with van der Waals surface area (Å²) in [5, 5.41) is 0. The van der Waals surface area contributed by atoms with Crippen LogP contribution in [0.1, 0.15) is 25.7 Å². The number of allylic oxidation sites excluding steroid dienone is 8. The first-order valence-corrected chi connectivity index (χ1v) is 11.3. The van der Waals surface area contributed by atoms with Gasteiger partial charge in [0.25, 0.3) is 0 Å². The van der Waals surface area contributed by atoms with Crippen LogP contribution in [0.5, 0.6) is 0 Å². The monoisotopic (exact) mass is 388 g/mol. The molecule has 0 heterocycles. The van der Waals surface area contributed by atoms with E-state index in [2.05, 4.69) is 9.98 Å². The Bertz CT molecular complexity index is 615. The molecule has 0 saturated carbocycles. The van der Waals surface area contributed by atoms with Crippen molar-refractivity contribution >= 4 is 45.6 Å². The van der Waals surface area contributed by atoms with Crippen molar-refractivity contribution in [2.45, 2.75) is 25.7 Å². The summed E-state index contributed by atoms with van der Waals surface area (Å²) in [7, 11) is 3.79. The van der Waals surface area contributed by atoms with E-state index in [-0.39, 0.29) is 0 Å². The molecule has 2 aliphatic rings. The summed E-state index contributed by atoms with van der Waals surface area (Å²) in [6.45, 7) is 1.68. The minimum atomic E-state index is 0.739. The zero-order valence-corrected chi connectivity index (χ0v) is 16.4. The van der Waals surface area contributed by atoms with Gasteiger partial charge in [-0.15, -0.1) is 0 Å². The molecule has 6 heteroatoms. The number of carbonyl (C=O) groups is 2. The van der Waals surface area contributed by atoms with Crippen LogP contribution in [-0.4, -0.2) is 48.6 Å². The Kier molecular flexibility index (Phi) is 10.1. The summed E-state index contributed by atoms with van der Waals surface area (Å²) in [5.41, 5.74) is 3.59. The predicted octanol–water partition coefficient (Wildman–Crippen LogP) is 4.20. The van der Waals surface area contributed by atoms with Crippen molar-refractivity contribution in [2.24, 2.45) is 9.98 Å². The largest absolute Gasteiger partial charge is 0.298 e. The molecular formula is C20H24N2O2S2. The third kappa shape index (κ3) is 8.15. The Morgan fingerprint density at radius 1 is 0.769 bits per heavy atom. The highest BCUT2D eigenvalue weighted by molar-refractivity contribution is 8.76. The molecule has 0 aromatic carbocycles.